The summed E-state index contributed by atoms with van der Waals surface area (Å²) in [5.41, 5.74) is 1.15. The highest BCUT2D eigenvalue weighted by Crippen LogP contribution is 2.16. The second kappa shape index (κ2) is 6.78. The number of nitrogens with zero attached hydrogens (tertiary/aromatic N) is 1. The van der Waals surface area contributed by atoms with E-state index < -0.39 is 10.0 Å². The van der Waals surface area contributed by atoms with E-state index in [2.05, 4.69) is 21.1 Å². The molecular formula is C14H19N3O2S. The van der Waals surface area contributed by atoms with Crippen molar-refractivity contribution in [3.63, 3.8) is 0 Å². The van der Waals surface area contributed by atoms with Crippen molar-refractivity contribution in [2.75, 3.05) is 19.3 Å². The quantitative estimate of drug-likeness (QED) is 0.754. The molecule has 0 aliphatic heterocycles. The average Bonchev–Trinajstić information content (AvgIpc) is 2.41. The van der Waals surface area contributed by atoms with Crippen LogP contribution in [0.1, 0.15) is 12.0 Å². The van der Waals surface area contributed by atoms with Crippen LogP contribution in [0.4, 0.5) is 0 Å². The van der Waals surface area contributed by atoms with Gasteiger partial charge in [0.1, 0.15) is 0 Å². The standard InChI is InChI=1S/C14H19N3O2S/c1-20(18,19)17-8-4-7-15-10-13-11-16-9-12-5-2-3-6-14(12)13/h2-3,5-6,9,11,15,17H,4,7-8,10H2,1H3. The minimum absolute atomic E-state index is 0.458. The molecule has 1 aromatic carbocycles. The minimum Gasteiger partial charge on any atom is -0.313 e. The molecule has 2 N–H and O–H groups in total. The zero-order valence-electron chi connectivity index (χ0n) is 11.5. The van der Waals surface area contributed by atoms with Crippen LogP contribution in [0.2, 0.25) is 0 Å². The molecule has 108 valence electrons. The third kappa shape index (κ3) is 4.56. The topological polar surface area (TPSA) is 71.1 Å². The zero-order valence-corrected chi connectivity index (χ0v) is 12.3. The normalized spacial score (nSPS) is 11.8. The van der Waals surface area contributed by atoms with Crippen molar-refractivity contribution in [1.82, 2.24) is 15.0 Å². The second-order valence-electron chi connectivity index (χ2n) is 4.72. The molecule has 5 nitrogen and oxygen atoms in total. The lowest BCUT2D eigenvalue weighted by Gasteiger charge is -2.08. The Bertz CT molecular complexity index is 666. The maximum Gasteiger partial charge on any atom is 0.208 e. The molecule has 0 aliphatic carbocycles. The lowest BCUT2D eigenvalue weighted by Crippen LogP contribution is -2.26. The molecule has 6 heteroatoms. The fourth-order valence-electron chi connectivity index (χ4n) is 2.01. The van der Waals surface area contributed by atoms with Gasteiger partial charge in [0.05, 0.1) is 6.26 Å². The minimum atomic E-state index is -3.08. The van der Waals surface area contributed by atoms with Crippen molar-refractivity contribution in [3.05, 3.63) is 42.2 Å². The highest BCUT2D eigenvalue weighted by molar-refractivity contribution is 7.88. The van der Waals surface area contributed by atoms with Crippen LogP contribution in [0, 0.1) is 0 Å². The van der Waals surface area contributed by atoms with E-state index in [-0.39, 0.29) is 0 Å². The van der Waals surface area contributed by atoms with Gasteiger partial charge in [-0.05, 0) is 23.9 Å². The Labute approximate surface area is 119 Å². The van der Waals surface area contributed by atoms with Crippen molar-refractivity contribution in [2.45, 2.75) is 13.0 Å². The highest BCUT2D eigenvalue weighted by atomic mass is 32.2. The molecule has 0 spiro atoms. The maximum atomic E-state index is 10.9. The first-order valence-electron chi connectivity index (χ1n) is 6.53. The third-order valence-corrected chi connectivity index (χ3v) is 3.69. The van der Waals surface area contributed by atoms with Crippen LogP contribution in [0.3, 0.4) is 0 Å². The molecule has 0 unspecified atom stereocenters. The van der Waals surface area contributed by atoms with E-state index in [9.17, 15) is 8.42 Å². The molecule has 0 amide bonds. The average molecular weight is 293 g/mol. The lowest BCUT2D eigenvalue weighted by molar-refractivity contribution is 0.579. The molecule has 0 bridgehead atoms. The largest absolute Gasteiger partial charge is 0.313 e. The molecule has 0 atom stereocenters. The van der Waals surface area contributed by atoms with Crippen LogP contribution in [0.5, 0.6) is 0 Å². The Kier molecular flexibility index (Phi) is 5.05. The monoisotopic (exact) mass is 293 g/mol. The molecular weight excluding hydrogens is 274 g/mol. The van der Waals surface area contributed by atoms with Crippen LogP contribution in [-0.4, -0.2) is 32.7 Å². The Balaban J connectivity index is 1.82. The molecule has 0 fully saturated rings. The Morgan fingerprint density at radius 3 is 2.75 bits per heavy atom. The van der Waals surface area contributed by atoms with Gasteiger partial charge in [-0.3, -0.25) is 4.98 Å². The molecule has 2 aromatic rings. The molecule has 0 saturated heterocycles. The van der Waals surface area contributed by atoms with Gasteiger partial charge >= 0.3 is 0 Å². The summed E-state index contributed by atoms with van der Waals surface area (Å²) in [6.45, 7) is 1.94. The van der Waals surface area contributed by atoms with Gasteiger partial charge in [-0.1, -0.05) is 24.3 Å². The SMILES string of the molecule is CS(=O)(=O)NCCCNCc1cncc2ccccc12. The van der Waals surface area contributed by atoms with Gasteiger partial charge in [0.25, 0.3) is 0 Å². The van der Waals surface area contributed by atoms with Crippen molar-refractivity contribution >= 4 is 20.8 Å². The smallest absolute Gasteiger partial charge is 0.208 e. The van der Waals surface area contributed by atoms with E-state index in [1.54, 1.807) is 0 Å². The summed E-state index contributed by atoms with van der Waals surface area (Å²) >= 11 is 0. The van der Waals surface area contributed by atoms with E-state index in [1.807, 2.05) is 30.6 Å². The van der Waals surface area contributed by atoms with E-state index in [4.69, 9.17) is 0 Å². The van der Waals surface area contributed by atoms with Gasteiger partial charge in [0.2, 0.25) is 10.0 Å². The maximum absolute atomic E-state index is 10.9. The van der Waals surface area contributed by atoms with Gasteiger partial charge in [-0.15, -0.1) is 0 Å². The van der Waals surface area contributed by atoms with Crippen molar-refractivity contribution in [2.24, 2.45) is 0 Å². The Morgan fingerprint density at radius 2 is 1.95 bits per heavy atom. The van der Waals surface area contributed by atoms with Crippen LogP contribution in [0.15, 0.2) is 36.7 Å². The van der Waals surface area contributed by atoms with Crippen LogP contribution in [0.25, 0.3) is 10.8 Å². The van der Waals surface area contributed by atoms with Gasteiger partial charge in [-0.2, -0.15) is 0 Å². The fraction of sp³-hybridized carbons (Fsp3) is 0.357. The molecule has 0 aliphatic rings. The number of hydrogen-bond donors (Lipinski definition) is 2. The summed E-state index contributed by atoms with van der Waals surface area (Å²) in [6.07, 6.45) is 5.65. The number of aromatic nitrogens is 1. The van der Waals surface area contributed by atoms with Crippen molar-refractivity contribution in [1.29, 1.82) is 0 Å². The predicted molar refractivity (Wildman–Crippen MR) is 80.9 cm³/mol. The summed E-state index contributed by atoms with van der Waals surface area (Å²) in [5.74, 6) is 0. The summed E-state index contributed by atoms with van der Waals surface area (Å²) in [6, 6.07) is 8.14. The summed E-state index contributed by atoms with van der Waals surface area (Å²) in [5, 5.41) is 5.63. The van der Waals surface area contributed by atoms with Crippen LogP contribution < -0.4 is 10.0 Å². The molecule has 1 aromatic heterocycles. The number of hydrogen-bond acceptors (Lipinski definition) is 4. The van der Waals surface area contributed by atoms with Crippen LogP contribution >= 0.6 is 0 Å². The lowest BCUT2D eigenvalue weighted by atomic mass is 10.1. The van der Waals surface area contributed by atoms with Gasteiger partial charge in [0.15, 0.2) is 0 Å². The van der Waals surface area contributed by atoms with Crippen LogP contribution in [-0.2, 0) is 16.6 Å². The zero-order chi connectivity index (χ0) is 14.4. The first-order chi connectivity index (χ1) is 9.56. The molecule has 0 radical (unpaired) electrons. The van der Waals surface area contributed by atoms with E-state index in [1.165, 1.54) is 11.6 Å². The van der Waals surface area contributed by atoms with Gasteiger partial charge < -0.3 is 5.32 Å². The van der Waals surface area contributed by atoms with E-state index >= 15 is 0 Å². The number of fused-ring (bicyclic) bond motifs is 1. The second-order valence-corrected chi connectivity index (χ2v) is 6.55. The third-order valence-electron chi connectivity index (χ3n) is 2.96. The van der Waals surface area contributed by atoms with Crippen molar-refractivity contribution < 1.29 is 8.42 Å². The highest BCUT2D eigenvalue weighted by Gasteiger charge is 2.01. The van der Waals surface area contributed by atoms with Gasteiger partial charge in [0, 0.05) is 30.9 Å². The van der Waals surface area contributed by atoms with Crippen molar-refractivity contribution in [3.8, 4) is 0 Å². The number of sulfonamides is 1. The Morgan fingerprint density at radius 1 is 1.15 bits per heavy atom. The van der Waals surface area contributed by atoms with E-state index in [0.717, 1.165) is 30.5 Å². The summed E-state index contributed by atoms with van der Waals surface area (Å²) < 4.78 is 24.3. The first-order valence-corrected chi connectivity index (χ1v) is 8.42. The number of pyridine rings is 1. The molecule has 20 heavy (non-hydrogen) atoms. The summed E-state index contributed by atoms with van der Waals surface area (Å²) in [4.78, 5) is 4.23. The number of rotatable bonds is 7. The number of nitrogens with one attached hydrogen (secondary N) is 2. The van der Waals surface area contributed by atoms with E-state index in [0.29, 0.717) is 6.54 Å². The molecule has 1 heterocycles. The first kappa shape index (κ1) is 14.9. The molecule has 2 rings (SSSR count). The Hall–Kier alpha value is -1.50. The van der Waals surface area contributed by atoms with Gasteiger partial charge in [-0.25, -0.2) is 13.1 Å². The predicted octanol–water partition coefficient (Wildman–Crippen LogP) is 1.26. The number of benzene rings is 1. The summed E-state index contributed by atoms with van der Waals surface area (Å²) in [7, 11) is -3.08. The fourth-order valence-corrected chi connectivity index (χ4v) is 2.53. The molecule has 0 saturated carbocycles.